The molecule has 1 fully saturated rings. The van der Waals surface area contributed by atoms with Crippen LogP contribution in [-0.2, 0) is 4.74 Å². The number of hydrogen-bond donors (Lipinski definition) is 1. The van der Waals surface area contributed by atoms with Crippen molar-refractivity contribution in [2.75, 3.05) is 38.7 Å². The fraction of sp³-hybridized carbons (Fsp3) is 0.846. The number of nitrogens with one attached hydrogen (secondary N) is 1. The van der Waals surface area contributed by atoms with Crippen molar-refractivity contribution in [2.45, 2.75) is 38.6 Å². The van der Waals surface area contributed by atoms with Gasteiger partial charge in [0.2, 0.25) is 0 Å². The minimum absolute atomic E-state index is 0.295. The molecule has 6 heteroatoms. The molecule has 1 saturated heterocycles. The highest BCUT2D eigenvalue weighted by Crippen LogP contribution is 2.17. The molecular weight excluding hydrogens is 244 g/mol. The van der Waals surface area contributed by atoms with Crippen molar-refractivity contribution >= 4 is 6.01 Å². The van der Waals surface area contributed by atoms with Crippen LogP contribution in [0.15, 0.2) is 4.52 Å². The minimum Gasteiger partial charge on any atom is -0.383 e. The normalized spacial score (nSPS) is 20.9. The standard InChI is InChI=1S/C13H24N4O2/c1-10(2)12-15-13(19-16-12)14-11-5-4-6-17(9-11)7-8-18-3/h10-11H,4-9H2,1-3H3,(H,14,15,16)/t11-/m0/s1. The molecule has 1 aliphatic rings. The van der Waals surface area contributed by atoms with Crippen molar-refractivity contribution in [3.63, 3.8) is 0 Å². The first kappa shape index (κ1) is 14.3. The van der Waals surface area contributed by atoms with E-state index >= 15 is 0 Å². The monoisotopic (exact) mass is 268 g/mol. The Morgan fingerprint density at radius 1 is 1.53 bits per heavy atom. The molecule has 0 bridgehead atoms. The van der Waals surface area contributed by atoms with Gasteiger partial charge in [-0.3, -0.25) is 4.90 Å². The molecule has 19 heavy (non-hydrogen) atoms. The molecule has 0 unspecified atom stereocenters. The second kappa shape index (κ2) is 6.86. The van der Waals surface area contributed by atoms with E-state index in [0.29, 0.717) is 18.0 Å². The molecule has 1 atom stereocenters. The summed E-state index contributed by atoms with van der Waals surface area (Å²) >= 11 is 0. The highest BCUT2D eigenvalue weighted by molar-refractivity contribution is 5.21. The van der Waals surface area contributed by atoms with Crippen molar-refractivity contribution in [3.05, 3.63) is 5.82 Å². The van der Waals surface area contributed by atoms with Gasteiger partial charge in [-0.1, -0.05) is 19.0 Å². The van der Waals surface area contributed by atoms with Gasteiger partial charge in [0.15, 0.2) is 5.82 Å². The van der Waals surface area contributed by atoms with E-state index in [1.165, 1.54) is 6.42 Å². The lowest BCUT2D eigenvalue weighted by Crippen LogP contribution is -2.43. The van der Waals surface area contributed by atoms with E-state index in [2.05, 4.69) is 34.2 Å². The van der Waals surface area contributed by atoms with Crippen LogP contribution in [0, 0.1) is 0 Å². The number of ether oxygens (including phenoxy) is 1. The molecule has 1 N–H and O–H groups in total. The summed E-state index contributed by atoms with van der Waals surface area (Å²) in [7, 11) is 1.74. The lowest BCUT2D eigenvalue weighted by molar-refractivity contribution is 0.131. The molecule has 0 saturated carbocycles. The number of hydrogen-bond acceptors (Lipinski definition) is 6. The first-order valence-electron chi connectivity index (χ1n) is 7.00. The van der Waals surface area contributed by atoms with E-state index in [0.717, 1.165) is 38.5 Å². The molecule has 0 amide bonds. The summed E-state index contributed by atoms with van der Waals surface area (Å²) in [5.74, 6) is 1.05. The molecule has 2 rings (SSSR count). The van der Waals surface area contributed by atoms with Gasteiger partial charge < -0.3 is 14.6 Å². The van der Waals surface area contributed by atoms with Gasteiger partial charge in [-0.2, -0.15) is 4.98 Å². The molecule has 1 aliphatic heterocycles. The van der Waals surface area contributed by atoms with Crippen LogP contribution in [0.2, 0.25) is 0 Å². The summed E-state index contributed by atoms with van der Waals surface area (Å²) in [5, 5.41) is 7.31. The SMILES string of the molecule is COCCN1CCC[C@H](Nc2nc(C(C)C)no2)C1. The van der Waals surface area contributed by atoms with E-state index in [4.69, 9.17) is 9.26 Å². The zero-order chi connectivity index (χ0) is 13.7. The van der Waals surface area contributed by atoms with Crippen LogP contribution in [0.1, 0.15) is 38.4 Å². The lowest BCUT2D eigenvalue weighted by atomic mass is 10.1. The molecule has 1 aromatic heterocycles. The zero-order valence-corrected chi connectivity index (χ0v) is 12.1. The maximum Gasteiger partial charge on any atom is 0.321 e. The van der Waals surface area contributed by atoms with Crippen molar-refractivity contribution in [2.24, 2.45) is 0 Å². The number of methoxy groups -OCH3 is 1. The maximum atomic E-state index is 5.23. The predicted octanol–water partition coefficient (Wildman–Crippen LogP) is 1.72. The number of rotatable bonds is 6. The molecule has 108 valence electrons. The third kappa shape index (κ3) is 4.18. The second-order valence-corrected chi connectivity index (χ2v) is 5.39. The number of likely N-dealkylation sites (tertiary alicyclic amines) is 1. The van der Waals surface area contributed by atoms with E-state index in [1.54, 1.807) is 7.11 Å². The van der Waals surface area contributed by atoms with Gasteiger partial charge in [0.05, 0.1) is 6.61 Å². The largest absolute Gasteiger partial charge is 0.383 e. The Hall–Kier alpha value is -1.14. The molecule has 0 aliphatic carbocycles. The first-order valence-corrected chi connectivity index (χ1v) is 7.00. The molecule has 0 spiro atoms. The Bertz CT molecular complexity index is 380. The number of piperidine rings is 1. The second-order valence-electron chi connectivity index (χ2n) is 5.39. The fourth-order valence-electron chi connectivity index (χ4n) is 2.30. The molecule has 1 aromatic rings. The van der Waals surface area contributed by atoms with E-state index < -0.39 is 0 Å². The van der Waals surface area contributed by atoms with Crippen LogP contribution in [0.4, 0.5) is 6.01 Å². The van der Waals surface area contributed by atoms with E-state index in [9.17, 15) is 0 Å². The highest BCUT2D eigenvalue weighted by Gasteiger charge is 2.21. The van der Waals surface area contributed by atoms with Crippen molar-refractivity contribution in [1.29, 1.82) is 0 Å². The topological polar surface area (TPSA) is 63.4 Å². The van der Waals surface area contributed by atoms with Crippen molar-refractivity contribution in [3.8, 4) is 0 Å². The first-order chi connectivity index (χ1) is 9.19. The van der Waals surface area contributed by atoms with Crippen LogP contribution in [0.3, 0.4) is 0 Å². The third-order valence-corrected chi connectivity index (χ3v) is 3.40. The highest BCUT2D eigenvalue weighted by atomic mass is 16.5. The zero-order valence-electron chi connectivity index (χ0n) is 12.1. The van der Waals surface area contributed by atoms with Crippen LogP contribution in [0.25, 0.3) is 0 Å². The number of aromatic nitrogens is 2. The van der Waals surface area contributed by atoms with Crippen LogP contribution in [0.5, 0.6) is 0 Å². The van der Waals surface area contributed by atoms with Gasteiger partial charge in [-0.05, 0) is 19.4 Å². The quantitative estimate of drug-likeness (QED) is 0.847. The average molecular weight is 268 g/mol. The van der Waals surface area contributed by atoms with E-state index in [-0.39, 0.29) is 0 Å². The molecule has 0 radical (unpaired) electrons. The molecule has 2 heterocycles. The summed E-state index contributed by atoms with van der Waals surface area (Å²) < 4.78 is 10.4. The Morgan fingerprint density at radius 2 is 2.37 bits per heavy atom. The van der Waals surface area contributed by atoms with Gasteiger partial charge in [-0.15, -0.1) is 0 Å². The lowest BCUT2D eigenvalue weighted by Gasteiger charge is -2.32. The summed E-state index contributed by atoms with van der Waals surface area (Å²) in [6, 6.07) is 0.924. The maximum absolute atomic E-state index is 5.23. The Kier molecular flexibility index (Phi) is 5.15. The van der Waals surface area contributed by atoms with Crippen LogP contribution < -0.4 is 5.32 Å². The van der Waals surface area contributed by atoms with Gasteiger partial charge >= 0.3 is 6.01 Å². The van der Waals surface area contributed by atoms with E-state index in [1.807, 2.05) is 0 Å². The Morgan fingerprint density at radius 3 is 3.05 bits per heavy atom. The molecule has 6 nitrogen and oxygen atoms in total. The van der Waals surface area contributed by atoms with Gasteiger partial charge in [0.1, 0.15) is 0 Å². The van der Waals surface area contributed by atoms with Gasteiger partial charge in [0.25, 0.3) is 0 Å². The van der Waals surface area contributed by atoms with Crippen molar-refractivity contribution < 1.29 is 9.26 Å². The summed E-state index contributed by atoms with van der Waals surface area (Å²) in [6.45, 7) is 8.02. The Labute approximate surface area is 114 Å². The van der Waals surface area contributed by atoms with Crippen LogP contribution in [-0.4, -0.2) is 54.4 Å². The average Bonchev–Trinajstić information content (AvgIpc) is 2.85. The summed E-state index contributed by atoms with van der Waals surface area (Å²) in [6.07, 6.45) is 2.33. The molecular formula is C13H24N4O2. The predicted molar refractivity (Wildman–Crippen MR) is 73.3 cm³/mol. The van der Waals surface area contributed by atoms with Gasteiger partial charge in [0, 0.05) is 32.2 Å². The summed E-state index contributed by atoms with van der Waals surface area (Å²) in [4.78, 5) is 6.77. The molecule has 0 aromatic carbocycles. The Balaban J connectivity index is 1.84. The van der Waals surface area contributed by atoms with Crippen LogP contribution >= 0.6 is 0 Å². The number of anilines is 1. The van der Waals surface area contributed by atoms with Gasteiger partial charge in [-0.25, -0.2) is 0 Å². The summed E-state index contributed by atoms with van der Waals surface area (Å²) in [5.41, 5.74) is 0. The minimum atomic E-state index is 0.295. The fourth-order valence-corrected chi connectivity index (χ4v) is 2.30. The van der Waals surface area contributed by atoms with Crippen molar-refractivity contribution in [1.82, 2.24) is 15.0 Å². The number of nitrogens with zero attached hydrogens (tertiary/aromatic N) is 3. The smallest absolute Gasteiger partial charge is 0.321 e. The third-order valence-electron chi connectivity index (χ3n) is 3.40.